The molecule has 1 fully saturated rings. The number of ether oxygens (including phenoxy) is 1. The fourth-order valence-corrected chi connectivity index (χ4v) is 4.90. The molecule has 2 nitrogen and oxygen atoms in total. The Hall–Kier alpha value is -1.32. The third kappa shape index (κ3) is 2.11. The van der Waals surface area contributed by atoms with Crippen LogP contribution < -0.4 is 10.1 Å². The summed E-state index contributed by atoms with van der Waals surface area (Å²) in [5.41, 5.74) is 3.31. The Morgan fingerprint density at radius 1 is 1.24 bits per heavy atom. The summed E-state index contributed by atoms with van der Waals surface area (Å²) in [5, 5.41) is 5.98. The number of methoxy groups -OCH3 is 1. The zero-order valence-electron chi connectivity index (χ0n) is 12.4. The molecule has 1 aliphatic heterocycles. The van der Waals surface area contributed by atoms with E-state index in [1.54, 1.807) is 7.11 Å². The van der Waals surface area contributed by atoms with Crippen molar-refractivity contribution in [1.82, 2.24) is 5.32 Å². The van der Waals surface area contributed by atoms with E-state index in [4.69, 9.17) is 4.74 Å². The Bertz CT molecular complexity index is 629. The number of nitrogens with one attached hydrogen (secondary N) is 1. The number of benzene rings is 1. The van der Waals surface area contributed by atoms with E-state index in [2.05, 4.69) is 41.0 Å². The normalized spacial score (nSPS) is 23.2. The largest absolute Gasteiger partial charge is 0.497 e. The van der Waals surface area contributed by atoms with Crippen molar-refractivity contribution in [3.63, 3.8) is 0 Å². The van der Waals surface area contributed by atoms with Crippen LogP contribution in [-0.4, -0.2) is 13.7 Å². The molecule has 0 saturated heterocycles. The third-order valence-electron chi connectivity index (χ3n) is 5.18. The monoisotopic (exact) mass is 299 g/mol. The standard InChI is InChI=1S/C18H21NOS/c1-20-13-6-7-14-15(11-13)18(8-2-3-9-18)12-19-17(14)16-5-4-10-21-16/h4-7,10-11,17,19H,2-3,8-9,12H2,1H3. The van der Waals surface area contributed by atoms with Crippen LogP contribution in [0.15, 0.2) is 35.7 Å². The van der Waals surface area contributed by atoms with E-state index in [0.717, 1.165) is 12.3 Å². The van der Waals surface area contributed by atoms with E-state index in [-0.39, 0.29) is 0 Å². The maximum Gasteiger partial charge on any atom is 0.119 e. The summed E-state index contributed by atoms with van der Waals surface area (Å²) >= 11 is 1.84. The molecule has 3 heteroatoms. The molecule has 1 saturated carbocycles. The molecule has 110 valence electrons. The maximum atomic E-state index is 5.49. The summed E-state index contributed by atoms with van der Waals surface area (Å²) in [4.78, 5) is 1.41. The van der Waals surface area contributed by atoms with Gasteiger partial charge in [0.25, 0.3) is 0 Å². The molecule has 0 amide bonds. The molecule has 1 aliphatic carbocycles. The minimum atomic E-state index is 0.331. The van der Waals surface area contributed by atoms with Crippen molar-refractivity contribution in [2.75, 3.05) is 13.7 Å². The van der Waals surface area contributed by atoms with Gasteiger partial charge in [-0.2, -0.15) is 0 Å². The van der Waals surface area contributed by atoms with Gasteiger partial charge in [-0.05, 0) is 47.5 Å². The maximum absolute atomic E-state index is 5.49. The lowest BCUT2D eigenvalue weighted by atomic mass is 9.72. The molecule has 0 radical (unpaired) electrons. The topological polar surface area (TPSA) is 21.3 Å². The van der Waals surface area contributed by atoms with Crippen LogP contribution in [0.4, 0.5) is 0 Å². The molecule has 2 aliphatic rings. The van der Waals surface area contributed by atoms with Gasteiger partial charge in [-0.3, -0.25) is 0 Å². The van der Waals surface area contributed by atoms with Gasteiger partial charge >= 0.3 is 0 Å². The molecule has 1 aromatic heterocycles. The second kappa shape index (κ2) is 5.15. The highest BCUT2D eigenvalue weighted by molar-refractivity contribution is 7.10. The third-order valence-corrected chi connectivity index (χ3v) is 6.11. The summed E-state index contributed by atoms with van der Waals surface area (Å²) in [6, 6.07) is 11.4. The summed E-state index contributed by atoms with van der Waals surface area (Å²) in [6.07, 6.45) is 5.30. The number of hydrogen-bond donors (Lipinski definition) is 1. The Balaban J connectivity index is 1.84. The van der Waals surface area contributed by atoms with Crippen LogP contribution in [0.2, 0.25) is 0 Å². The van der Waals surface area contributed by atoms with E-state index >= 15 is 0 Å². The van der Waals surface area contributed by atoms with Gasteiger partial charge in [0.2, 0.25) is 0 Å². The van der Waals surface area contributed by atoms with Crippen LogP contribution in [0.25, 0.3) is 0 Å². The highest BCUT2D eigenvalue weighted by Crippen LogP contribution is 2.48. The van der Waals surface area contributed by atoms with Gasteiger partial charge in [-0.25, -0.2) is 0 Å². The van der Waals surface area contributed by atoms with Crippen molar-refractivity contribution in [3.05, 3.63) is 51.7 Å². The van der Waals surface area contributed by atoms with Crippen molar-refractivity contribution in [3.8, 4) is 5.75 Å². The summed E-state index contributed by atoms with van der Waals surface area (Å²) in [7, 11) is 1.76. The first-order valence-corrected chi connectivity index (χ1v) is 8.66. The van der Waals surface area contributed by atoms with Gasteiger partial charge in [0, 0.05) is 16.8 Å². The molecule has 1 aromatic carbocycles. The van der Waals surface area contributed by atoms with Crippen molar-refractivity contribution in [1.29, 1.82) is 0 Å². The minimum Gasteiger partial charge on any atom is -0.497 e. The van der Waals surface area contributed by atoms with Crippen LogP contribution in [0, 0.1) is 0 Å². The van der Waals surface area contributed by atoms with Crippen molar-refractivity contribution in [2.24, 2.45) is 0 Å². The molecule has 1 unspecified atom stereocenters. The SMILES string of the molecule is COc1ccc2c(c1)C1(CCCC1)CNC2c1cccs1. The van der Waals surface area contributed by atoms with Gasteiger partial charge < -0.3 is 10.1 Å². The van der Waals surface area contributed by atoms with E-state index < -0.39 is 0 Å². The molecular weight excluding hydrogens is 278 g/mol. The highest BCUT2D eigenvalue weighted by Gasteiger charge is 2.42. The average Bonchev–Trinajstić information content (AvgIpc) is 3.20. The fraction of sp³-hybridized carbons (Fsp3) is 0.444. The summed E-state index contributed by atoms with van der Waals surface area (Å²) < 4.78 is 5.49. The Morgan fingerprint density at radius 2 is 2.10 bits per heavy atom. The van der Waals surface area contributed by atoms with Crippen molar-refractivity contribution < 1.29 is 4.74 Å². The second-order valence-electron chi connectivity index (χ2n) is 6.27. The van der Waals surface area contributed by atoms with Crippen molar-refractivity contribution >= 4 is 11.3 Å². The molecule has 4 rings (SSSR count). The lowest BCUT2D eigenvalue weighted by molar-refractivity contribution is 0.353. The first kappa shape index (κ1) is 13.4. The number of hydrogen-bond acceptors (Lipinski definition) is 3. The molecule has 0 bridgehead atoms. The predicted molar refractivity (Wildman–Crippen MR) is 87.3 cm³/mol. The molecule has 2 aromatic rings. The van der Waals surface area contributed by atoms with Crippen molar-refractivity contribution in [2.45, 2.75) is 37.1 Å². The fourth-order valence-electron chi connectivity index (χ4n) is 4.08. The predicted octanol–water partition coefficient (Wildman–Crippen LogP) is 4.26. The number of rotatable bonds is 2. The van der Waals surface area contributed by atoms with Crippen LogP contribution in [0.5, 0.6) is 5.75 Å². The van der Waals surface area contributed by atoms with Gasteiger partial charge in [-0.1, -0.05) is 25.0 Å². The first-order valence-electron chi connectivity index (χ1n) is 7.78. The number of fused-ring (bicyclic) bond motifs is 2. The molecule has 1 atom stereocenters. The lowest BCUT2D eigenvalue weighted by Crippen LogP contribution is -2.44. The van der Waals surface area contributed by atoms with Gasteiger partial charge in [0.05, 0.1) is 13.2 Å². The Morgan fingerprint density at radius 3 is 2.81 bits per heavy atom. The van der Waals surface area contributed by atoms with E-state index in [1.165, 1.54) is 41.7 Å². The quantitative estimate of drug-likeness (QED) is 0.894. The minimum absolute atomic E-state index is 0.331. The van der Waals surface area contributed by atoms with Gasteiger partial charge in [-0.15, -0.1) is 11.3 Å². The molecule has 2 heterocycles. The van der Waals surface area contributed by atoms with Crippen LogP contribution in [-0.2, 0) is 5.41 Å². The molecule has 1 spiro atoms. The smallest absolute Gasteiger partial charge is 0.119 e. The molecule has 21 heavy (non-hydrogen) atoms. The Labute approximate surface area is 130 Å². The zero-order chi connectivity index (χ0) is 14.3. The lowest BCUT2D eigenvalue weighted by Gasteiger charge is -2.40. The second-order valence-corrected chi connectivity index (χ2v) is 7.25. The van der Waals surface area contributed by atoms with Gasteiger partial charge in [0.1, 0.15) is 5.75 Å². The highest BCUT2D eigenvalue weighted by atomic mass is 32.1. The molecular formula is C18H21NOS. The van der Waals surface area contributed by atoms with Crippen LogP contribution in [0.3, 0.4) is 0 Å². The number of thiophene rings is 1. The van der Waals surface area contributed by atoms with E-state index in [1.807, 2.05) is 11.3 Å². The van der Waals surface area contributed by atoms with Crippen LogP contribution >= 0.6 is 11.3 Å². The van der Waals surface area contributed by atoms with E-state index in [0.29, 0.717) is 11.5 Å². The zero-order valence-corrected chi connectivity index (χ0v) is 13.2. The molecule has 1 N–H and O–H groups in total. The Kier molecular flexibility index (Phi) is 3.27. The van der Waals surface area contributed by atoms with Crippen LogP contribution in [0.1, 0.15) is 47.7 Å². The summed E-state index contributed by atoms with van der Waals surface area (Å²) in [6.45, 7) is 1.09. The van der Waals surface area contributed by atoms with E-state index in [9.17, 15) is 0 Å². The summed E-state index contributed by atoms with van der Waals surface area (Å²) in [5.74, 6) is 0.992. The average molecular weight is 299 g/mol. The van der Waals surface area contributed by atoms with Gasteiger partial charge in [0.15, 0.2) is 0 Å². The first-order chi connectivity index (χ1) is 10.3.